The largest absolute Gasteiger partial charge is 0.493 e. The van der Waals surface area contributed by atoms with Gasteiger partial charge in [-0.3, -0.25) is 0 Å². The van der Waals surface area contributed by atoms with Crippen LogP contribution in [-0.4, -0.2) is 39.6 Å². The smallest absolute Gasteiger partial charge is 0.214 e. The van der Waals surface area contributed by atoms with Crippen molar-refractivity contribution in [1.29, 1.82) is 0 Å². The standard InChI is InChI=1S/C24H22BrClFN5O2S/c1-33-22-10-9-20(25)19(23(22)34-15-16-7-8-17(27)13-21(16)26)14-28-11-12-35-24-29-30-31-32(24)18-5-3-2-4-6-18/h2-10,13,28H,11-12,14-15H2,1H3. The molecule has 0 fully saturated rings. The zero-order chi connectivity index (χ0) is 24.6. The van der Waals surface area contributed by atoms with Gasteiger partial charge >= 0.3 is 0 Å². The van der Waals surface area contributed by atoms with E-state index in [1.54, 1.807) is 29.6 Å². The Bertz CT molecular complexity index is 1280. The molecule has 0 amide bonds. The van der Waals surface area contributed by atoms with Crippen LogP contribution in [-0.2, 0) is 13.2 Å². The summed E-state index contributed by atoms with van der Waals surface area (Å²) in [5.74, 6) is 1.56. The molecule has 35 heavy (non-hydrogen) atoms. The number of ether oxygens (including phenoxy) is 2. The number of halogens is 3. The fourth-order valence-corrected chi connectivity index (χ4v) is 4.74. The topological polar surface area (TPSA) is 74.1 Å². The first kappa shape index (κ1) is 25.4. The number of thioether (sulfide) groups is 1. The summed E-state index contributed by atoms with van der Waals surface area (Å²) in [6.07, 6.45) is 0. The molecular weight excluding hydrogens is 557 g/mol. The van der Waals surface area contributed by atoms with E-state index in [0.29, 0.717) is 35.2 Å². The lowest BCUT2D eigenvalue weighted by molar-refractivity contribution is 0.280. The second kappa shape index (κ2) is 12.3. The average Bonchev–Trinajstić information content (AvgIpc) is 3.33. The first-order chi connectivity index (χ1) is 17.1. The molecule has 0 saturated heterocycles. The van der Waals surface area contributed by atoms with E-state index >= 15 is 0 Å². The maximum atomic E-state index is 13.4. The number of nitrogens with zero attached hydrogens (tertiary/aromatic N) is 4. The first-order valence-electron chi connectivity index (χ1n) is 10.7. The number of methoxy groups -OCH3 is 1. The molecular formula is C24H22BrClFN5O2S. The van der Waals surface area contributed by atoms with Crippen LogP contribution in [0.2, 0.25) is 5.02 Å². The molecule has 1 heterocycles. The molecule has 4 aromatic rings. The summed E-state index contributed by atoms with van der Waals surface area (Å²) in [6, 6.07) is 17.7. The van der Waals surface area contributed by atoms with Gasteiger partial charge in [0, 0.05) is 34.4 Å². The Morgan fingerprint density at radius 3 is 2.74 bits per heavy atom. The minimum Gasteiger partial charge on any atom is -0.493 e. The quantitative estimate of drug-likeness (QED) is 0.181. The Morgan fingerprint density at radius 2 is 1.97 bits per heavy atom. The number of tetrazole rings is 1. The van der Waals surface area contributed by atoms with Gasteiger partial charge in [0.25, 0.3) is 0 Å². The molecule has 1 N–H and O–H groups in total. The van der Waals surface area contributed by atoms with Crippen LogP contribution in [0.4, 0.5) is 4.39 Å². The monoisotopic (exact) mass is 577 g/mol. The summed E-state index contributed by atoms with van der Waals surface area (Å²) in [4.78, 5) is 0. The van der Waals surface area contributed by atoms with Crippen molar-refractivity contribution in [2.24, 2.45) is 0 Å². The number of aromatic nitrogens is 4. The Kier molecular flexibility index (Phi) is 8.97. The Labute approximate surface area is 220 Å². The molecule has 0 spiro atoms. The maximum Gasteiger partial charge on any atom is 0.214 e. The predicted octanol–water partition coefficient (Wildman–Crippen LogP) is 5.69. The van der Waals surface area contributed by atoms with E-state index in [1.807, 2.05) is 42.5 Å². The lowest BCUT2D eigenvalue weighted by Crippen LogP contribution is -2.18. The summed E-state index contributed by atoms with van der Waals surface area (Å²) >= 11 is 11.3. The number of hydrogen-bond acceptors (Lipinski definition) is 7. The lowest BCUT2D eigenvalue weighted by Gasteiger charge is -2.17. The minimum absolute atomic E-state index is 0.178. The van der Waals surface area contributed by atoms with Gasteiger partial charge in [0.15, 0.2) is 11.5 Å². The molecule has 3 aromatic carbocycles. The van der Waals surface area contributed by atoms with Gasteiger partial charge in [0.1, 0.15) is 12.4 Å². The Hall–Kier alpha value is -2.66. The van der Waals surface area contributed by atoms with Crippen LogP contribution in [0.25, 0.3) is 5.69 Å². The fourth-order valence-electron chi connectivity index (χ4n) is 3.28. The lowest BCUT2D eigenvalue weighted by atomic mass is 10.1. The second-order valence-electron chi connectivity index (χ2n) is 7.32. The zero-order valence-electron chi connectivity index (χ0n) is 18.7. The highest BCUT2D eigenvalue weighted by Crippen LogP contribution is 2.37. The van der Waals surface area contributed by atoms with E-state index in [1.165, 1.54) is 12.1 Å². The summed E-state index contributed by atoms with van der Waals surface area (Å²) in [7, 11) is 1.59. The van der Waals surface area contributed by atoms with Crippen LogP contribution in [0.15, 0.2) is 70.3 Å². The van der Waals surface area contributed by atoms with Crippen molar-refractivity contribution in [2.45, 2.75) is 18.3 Å². The minimum atomic E-state index is -0.389. The van der Waals surface area contributed by atoms with Gasteiger partial charge in [-0.15, -0.1) is 5.10 Å². The van der Waals surface area contributed by atoms with Gasteiger partial charge in [-0.05, 0) is 46.8 Å². The van der Waals surface area contributed by atoms with Crippen LogP contribution in [0.5, 0.6) is 11.5 Å². The third-order valence-electron chi connectivity index (χ3n) is 5.03. The molecule has 11 heteroatoms. The summed E-state index contributed by atoms with van der Waals surface area (Å²) in [6.45, 7) is 1.42. The summed E-state index contributed by atoms with van der Waals surface area (Å²) in [5, 5.41) is 16.5. The SMILES string of the molecule is COc1ccc(Br)c(CNCCSc2nnnn2-c2ccccc2)c1OCc1ccc(F)cc1Cl. The molecule has 0 bridgehead atoms. The van der Waals surface area contributed by atoms with Gasteiger partial charge in [-0.25, -0.2) is 4.39 Å². The molecule has 7 nitrogen and oxygen atoms in total. The summed E-state index contributed by atoms with van der Waals surface area (Å²) in [5.41, 5.74) is 2.50. The van der Waals surface area contributed by atoms with Gasteiger partial charge in [-0.1, -0.05) is 63.6 Å². The Morgan fingerprint density at radius 1 is 1.14 bits per heavy atom. The molecule has 0 saturated carbocycles. The number of para-hydroxylation sites is 1. The third-order valence-corrected chi connectivity index (χ3v) is 7.04. The molecule has 0 unspecified atom stereocenters. The van der Waals surface area contributed by atoms with Crippen LogP contribution < -0.4 is 14.8 Å². The highest BCUT2D eigenvalue weighted by atomic mass is 79.9. The van der Waals surface area contributed by atoms with Gasteiger partial charge in [-0.2, -0.15) is 4.68 Å². The first-order valence-corrected chi connectivity index (χ1v) is 12.8. The van der Waals surface area contributed by atoms with Crippen molar-refractivity contribution in [2.75, 3.05) is 19.4 Å². The van der Waals surface area contributed by atoms with E-state index < -0.39 is 0 Å². The second-order valence-corrected chi connectivity index (χ2v) is 9.64. The zero-order valence-corrected chi connectivity index (χ0v) is 21.9. The number of nitrogens with one attached hydrogen (secondary N) is 1. The Balaban J connectivity index is 1.37. The molecule has 0 aliphatic carbocycles. The van der Waals surface area contributed by atoms with Crippen LogP contribution in [0.1, 0.15) is 11.1 Å². The van der Waals surface area contributed by atoms with Gasteiger partial charge < -0.3 is 14.8 Å². The van der Waals surface area contributed by atoms with Gasteiger partial charge in [0.05, 0.1) is 17.8 Å². The molecule has 0 radical (unpaired) electrons. The van der Waals surface area contributed by atoms with Crippen molar-refractivity contribution >= 4 is 39.3 Å². The van der Waals surface area contributed by atoms with Crippen LogP contribution >= 0.6 is 39.3 Å². The normalized spacial score (nSPS) is 11.0. The van der Waals surface area contributed by atoms with Crippen molar-refractivity contribution in [3.63, 3.8) is 0 Å². The van der Waals surface area contributed by atoms with Crippen LogP contribution in [0, 0.1) is 5.82 Å². The van der Waals surface area contributed by atoms with Crippen molar-refractivity contribution < 1.29 is 13.9 Å². The molecule has 0 aliphatic rings. The predicted molar refractivity (Wildman–Crippen MR) is 138 cm³/mol. The maximum absolute atomic E-state index is 13.4. The fraction of sp³-hybridized carbons (Fsp3) is 0.208. The van der Waals surface area contributed by atoms with Crippen molar-refractivity contribution in [3.8, 4) is 17.2 Å². The van der Waals surface area contributed by atoms with Gasteiger partial charge in [0.2, 0.25) is 5.16 Å². The molecule has 4 rings (SSSR count). The van der Waals surface area contributed by atoms with Crippen LogP contribution in [0.3, 0.4) is 0 Å². The van der Waals surface area contributed by atoms with E-state index in [0.717, 1.165) is 26.6 Å². The summed E-state index contributed by atoms with van der Waals surface area (Å²) < 4.78 is 27.6. The number of benzene rings is 3. The third kappa shape index (κ3) is 6.52. The molecule has 182 valence electrons. The van der Waals surface area contributed by atoms with Crippen molar-refractivity contribution in [3.05, 3.63) is 87.1 Å². The molecule has 0 atom stereocenters. The molecule has 1 aromatic heterocycles. The molecule has 0 aliphatic heterocycles. The van der Waals surface area contributed by atoms with E-state index in [2.05, 4.69) is 36.8 Å². The number of hydrogen-bond donors (Lipinski definition) is 1. The highest BCUT2D eigenvalue weighted by Gasteiger charge is 2.16. The highest BCUT2D eigenvalue weighted by molar-refractivity contribution is 9.10. The van der Waals surface area contributed by atoms with E-state index in [4.69, 9.17) is 21.1 Å². The van der Waals surface area contributed by atoms with E-state index in [-0.39, 0.29) is 12.4 Å². The number of rotatable bonds is 11. The van der Waals surface area contributed by atoms with Crippen molar-refractivity contribution in [1.82, 2.24) is 25.5 Å². The van der Waals surface area contributed by atoms with E-state index in [9.17, 15) is 4.39 Å². The average molecular weight is 579 g/mol.